The molecule has 1 aliphatic carbocycles. The minimum Gasteiger partial charge on any atom is -0.384 e. The van der Waals surface area contributed by atoms with Crippen molar-refractivity contribution < 1.29 is 4.74 Å². The first-order valence-electron chi connectivity index (χ1n) is 5.49. The third-order valence-corrected chi connectivity index (χ3v) is 3.44. The number of aromatic nitrogens is 2. The lowest BCUT2D eigenvalue weighted by Gasteiger charge is -2.10. The van der Waals surface area contributed by atoms with Crippen molar-refractivity contribution in [2.45, 2.75) is 25.2 Å². The van der Waals surface area contributed by atoms with E-state index >= 15 is 0 Å². The van der Waals surface area contributed by atoms with Gasteiger partial charge in [-0.3, -0.25) is 0 Å². The molecule has 0 bridgehead atoms. The Kier molecular flexibility index (Phi) is 3.76. The van der Waals surface area contributed by atoms with Crippen LogP contribution in [0, 0.1) is 0 Å². The summed E-state index contributed by atoms with van der Waals surface area (Å²) in [7, 11) is 3.57. The lowest BCUT2D eigenvalue weighted by molar-refractivity contribution is 0.200. The van der Waals surface area contributed by atoms with Crippen molar-refractivity contribution in [3.63, 3.8) is 0 Å². The second kappa shape index (κ2) is 5.10. The SMILES string of the molecule is CNc1nc(CCOC)nc(C2CC2)c1Br. The highest BCUT2D eigenvalue weighted by molar-refractivity contribution is 9.10. The molecule has 0 aliphatic heterocycles. The van der Waals surface area contributed by atoms with Gasteiger partial charge < -0.3 is 10.1 Å². The van der Waals surface area contributed by atoms with Crippen LogP contribution in [0.1, 0.15) is 30.3 Å². The van der Waals surface area contributed by atoms with E-state index in [-0.39, 0.29) is 0 Å². The van der Waals surface area contributed by atoms with E-state index in [4.69, 9.17) is 4.74 Å². The van der Waals surface area contributed by atoms with Crippen molar-refractivity contribution in [3.05, 3.63) is 16.0 Å². The Morgan fingerprint density at radius 1 is 1.44 bits per heavy atom. The van der Waals surface area contributed by atoms with Gasteiger partial charge in [0.25, 0.3) is 0 Å². The highest BCUT2D eigenvalue weighted by Gasteiger charge is 2.29. The number of nitrogens with one attached hydrogen (secondary N) is 1. The van der Waals surface area contributed by atoms with Gasteiger partial charge in [-0.05, 0) is 28.8 Å². The Morgan fingerprint density at radius 3 is 2.75 bits per heavy atom. The molecule has 1 aromatic heterocycles. The molecule has 0 saturated heterocycles. The van der Waals surface area contributed by atoms with E-state index in [0.29, 0.717) is 12.5 Å². The van der Waals surface area contributed by atoms with Crippen molar-refractivity contribution in [3.8, 4) is 0 Å². The molecule has 2 rings (SSSR count). The van der Waals surface area contributed by atoms with Crippen LogP contribution in [0.2, 0.25) is 0 Å². The molecule has 16 heavy (non-hydrogen) atoms. The lowest BCUT2D eigenvalue weighted by atomic mass is 10.2. The number of methoxy groups -OCH3 is 1. The molecule has 1 saturated carbocycles. The lowest BCUT2D eigenvalue weighted by Crippen LogP contribution is -2.07. The first kappa shape index (κ1) is 11.8. The van der Waals surface area contributed by atoms with E-state index in [1.807, 2.05) is 7.05 Å². The molecular weight excluding hydrogens is 270 g/mol. The summed E-state index contributed by atoms with van der Waals surface area (Å²) in [6.07, 6.45) is 3.24. The van der Waals surface area contributed by atoms with E-state index in [0.717, 1.165) is 28.2 Å². The van der Waals surface area contributed by atoms with Gasteiger partial charge in [0.2, 0.25) is 0 Å². The maximum absolute atomic E-state index is 5.05. The Morgan fingerprint density at radius 2 is 2.19 bits per heavy atom. The average molecular weight is 286 g/mol. The van der Waals surface area contributed by atoms with E-state index < -0.39 is 0 Å². The van der Waals surface area contributed by atoms with Crippen LogP contribution in [0.3, 0.4) is 0 Å². The normalized spacial score (nSPS) is 15.2. The number of anilines is 1. The Hall–Kier alpha value is -0.680. The zero-order valence-corrected chi connectivity index (χ0v) is 11.2. The molecule has 1 fully saturated rings. The van der Waals surface area contributed by atoms with Gasteiger partial charge in [-0.1, -0.05) is 0 Å². The highest BCUT2D eigenvalue weighted by Crippen LogP contribution is 2.43. The standard InChI is InChI=1S/C11H16BrN3O/c1-13-11-9(12)10(7-3-4-7)14-8(15-11)5-6-16-2/h7H,3-6H2,1-2H3,(H,13,14,15). The van der Waals surface area contributed by atoms with Gasteiger partial charge in [0.05, 0.1) is 16.8 Å². The summed E-state index contributed by atoms with van der Waals surface area (Å²) in [6, 6.07) is 0. The predicted molar refractivity (Wildman–Crippen MR) is 66.8 cm³/mol. The molecule has 0 spiro atoms. The molecule has 1 heterocycles. The number of nitrogens with zero attached hydrogens (tertiary/aromatic N) is 2. The summed E-state index contributed by atoms with van der Waals surface area (Å²) in [6.45, 7) is 0.662. The second-order valence-electron chi connectivity index (χ2n) is 3.95. The Balaban J connectivity index is 2.28. The molecule has 5 heteroatoms. The van der Waals surface area contributed by atoms with Crippen molar-refractivity contribution in [1.29, 1.82) is 0 Å². The Bertz CT molecular complexity index is 380. The molecule has 0 amide bonds. The van der Waals surface area contributed by atoms with Crippen LogP contribution in [-0.2, 0) is 11.2 Å². The van der Waals surface area contributed by atoms with Gasteiger partial charge in [-0.2, -0.15) is 0 Å². The van der Waals surface area contributed by atoms with Crippen molar-refractivity contribution >= 4 is 21.7 Å². The number of hydrogen-bond acceptors (Lipinski definition) is 4. The first-order chi connectivity index (χ1) is 7.76. The maximum atomic E-state index is 5.05. The fourth-order valence-corrected chi connectivity index (χ4v) is 2.31. The first-order valence-corrected chi connectivity index (χ1v) is 6.28. The van der Waals surface area contributed by atoms with E-state index in [9.17, 15) is 0 Å². The molecule has 4 nitrogen and oxygen atoms in total. The monoisotopic (exact) mass is 285 g/mol. The number of halogens is 1. The fourth-order valence-electron chi connectivity index (χ4n) is 1.61. The minimum atomic E-state index is 0.616. The molecule has 0 unspecified atom stereocenters. The zero-order valence-electron chi connectivity index (χ0n) is 9.59. The van der Waals surface area contributed by atoms with Crippen LogP contribution in [0.25, 0.3) is 0 Å². The third kappa shape index (κ3) is 2.52. The maximum Gasteiger partial charge on any atom is 0.144 e. The summed E-state index contributed by atoms with van der Waals surface area (Å²) >= 11 is 3.57. The van der Waals surface area contributed by atoms with Gasteiger partial charge in [0.1, 0.15) is 11.6 Å². The van der Waals surface area contributed by atoms with Gasteiger partial charge in [0, 0.05) is 26.5 Å². The molecule has 1 aromatic rings. The van der Waals surface area contributed by atoms with Crippen LogP contribution in [0.5, 0.6) is 0 Å². The fraction of sp³-hybridized carbons (Fsp3) is 0.636. The molecule has 1 aliphatic rings. The molecule has 0 radical (unpaired) electrons. The largest absolute Gasteiger partial charge is 0.384 e. The predicted octanol–water partition coefficient (Wildman–Crippen LogP) is 2.35. The van der Waals surface area contributed by atoms with Crippen LogP contribution >= 0.6 is 15.9 Å². The third-order valence-electron chi connectivity index (χ3n) is 2.65. The zero-order chi connectivity index (χ0) is 11.5. The summed E-state index contributed by atoms with van der Waals surface area (Å²) in [5, 5.41) is 3.10. The van der Waals surface area contributed by atoms with Crippen LogP contribution in [-0.4, -0.2) is 30.7 Å². The summed E-state index contributed by atoms with van der Waals surface area (Å²) in [4.78, 5) is 9.05. The number of rotatable bonds is 5. The summed E-state index contributed by atoms with van der Waals surface area (Å²) in [5.41, 5.74) is 1.14. The highest BCUT2D eigenvalue weighted by atomic mass is 79.9. The molecule has 1 N–H and O–H groups in total. The van der Waals surface area contributed by atoms with Gasteiger partial charge in [-0.15, -0.1) is 0 Å². The van der Waals surface area contributed by atoms with Crippen molar-refractivity contribution in [2.75, 3.05) is 26.1 Å². The van der Waals surface area contributed by atoms with E-state index in [1.54, 1.807) is 7.11 Å². The smallest absolute Gasteiger partial charge is 0.144 e. The molecular formula is C11H16BrN3O. The van der Waals surface area contributed by atoms with E-state index in [1.165, 1.54) is 12.8 Å². The summed E-state index contributed by atoms with van der Waals surface area (Å²) in [5.74, 6) is 2.35. The van der Waals surface area contributed by atoms with Gasteiger partial charge in [-0.25, -0.2) is 9.97 Å². The van der Waals surface area contributed by atoms with Crippen LogP contribution in [0.15, 0.2) is 4.47 Å². The number of hydrogen-bond donors (Lipinski definition) is 1. The van der Waals surface area contributed by atoms with Crippen molar-refractivity contribution in [2.24, 2.45) is 0 Å². The van der Waals surface area contributed by atoms with Crippen LogP contribution < -0.4 is 5.32 Å². The quantitative estimate of drug-likeness (QED) is 0.902. The minimum absolute atomic E-state index is 0.616. The summed E-state index contributed by atoms with van der Waals surface area (Å²) < 4.78 is 6.07. The molecule has 88 valence electrons. The van der Waals surface area contributed by atoms with Gasteiger partial charge >= 0.3 is 0 Å². The Labute approximate surface area is 104 Å². The molecule has 0 atom stereocenters. The number of ether oxygens (including phenoxy) is 1. The van der Waals surface area contributed by atoms with Crippen LogP contribution in [0.4, 0.5) is 5.82 Å². The topological polar surface area (TPSA) is 47.0 Å². The van der Waals surface area contributed by atoms with E-state index in [2.05, 4.69) is 31.2 Å². The van der Waals surface area contributed by atoms with Gasteiger partial charge in [0.15, 0.2) is 0 Å². The average Bonchev–Trinajstić information content (AvgIpc) is 3.11. The van der Waals surface area contributed by atoms with Crippen molar-refractivity contribution in [1.82, 2.24) is 9.97 Å². The molecule has 0 aromatic carbocycles. The second-order valence-corrected chi connectivity index (χ2v) is 4.75.